The molecule has 124 valence electrons. The first kappa shape index (κ1) is 18.2. The quantitative estimate of drug-likeness (QED) is 0.646. The van der Waals surface area contributed by atoms with Gasteiger partial charge in [-0.3, -0.25) is 0 Å². The van der Waals surface area contributed by atoms with E-state index >= 15 is 0 Å². The number of rotatable bonds is 4. The highest BCUT2D eigenvalue weighted by Crippen LogP contribution is 2.35. The second-order valence-corrected chi connectivity index (χ2v) is 6.55. The van der Waals surface area contributed by atoms with E-state index in [0.29, 0.717) is 27.3 Å². The molecule has 0 saturated heterocycles. The SMILES string of the molecule is Br.COc1ccc(C#N)cc1Nc1nc(-c2sc(N)nc2C)cs1. The van der Waals surface area contributed by atoms with E-state index in [9.17, 15) is 0 Å². The Balaban J connectivity index is 0.00000208. The van der Waals surface area contributed by atoms with Crippen molar-refractivity contribution in [2.45, 2.75) is 6.92 Å². The summed E-state index contributed by atoms with van der Waals surface area (Å²) in [6.45, 7) is 1.91. The predicted molar refractivity (Wildman–Crippen MR) is 104 cm³/mol. The molecule has 0 aliphatic rings. The van der Waals surface area contributed by atoms with Crippen LogP contribution in [0, 0.1) is 18.3 Å². The van der Waals surface area contributed by atoms with Crippen LogP contribution in [-0.2, 0) is 0 Å². The van der Waals surface area contributed by atoms with Gasteiger partial charge in [-0.1, -0.05) is 11.3 Å². The number of aromatic nitrogens is 2. The van der Waals surface area contributed by atoms with Crippen molar-refractivity contribution < 1.29 is 4.74 Å². The molecule has 0 fully saturated rings. The Morgan fingerprint density at radius 1 is 1.33 bits per heavy atom. The second kappa shape index (κ2) is 7.61. The van der Waals surface area contributed by atoms with Crippen LogP contribution < -0.4 is 15.8 Å². The van der Waals surface area contributed by atoms with Crippen molar-refractivity contribution in [1.29, 1.82) is 5.26 Å². The smallest absolute Gasteiger partial charge is 0.187 e. The number of benzene rings is 1. The van der Waals surface area contributed by atoms with E-state index in [1.807, 2.05) is 12.3 Å². The highest BCUT2D eigenvalue weighted by Gasteiger charge is 2.13. The summed E-state index contributed by atoms with van der Waals surface area (Å²) in [5.41, 5.74) is 8.69. The second-order valence-electron chi connectivity index (χ2n) is 4.66. The van der Waals surface area contributed by atoms with Crippen molar-refractivity contribution in [2.24, 2.45) is 0 Å². The fourth-order valence-corrected chi connectivity index (χ4v) is 3.66. The number of hydrogen-bond donors (Lipinski definition) is 2. The Bertz CT molecular complexity index is 900. The minimum Gasteiger partial charge on any atom is -0.495 e. The Morgan fingerprint density at radius 3 is 2.75 bits per heavy atom. The molecule has 0 radical (unpaired) electrons. The number of nitrogens with one attached hydrogen (secondary N) is 1. The van der Waals surface area contributed by atoms with Crippen LogP contribution in [0.4, 0.5) is 16.0 Å². The number of halogens is 1. The minimum absolute atomic E-state index is 0. The normalized spacial score (nSPS) is 9.88. The van der Waals surface area contributed by atoms with Crippen LogP contribution >= 0.6 is 39.7 Å². The molecular formula is C15H14BrN5OS2. The summed E-state index contributed by atoms with van der Waals surface area (Å²) in [5, 5.41) is 15.4. The first-order chi connectivity index (χ1) is 11.1. The molecule has 0 amide bonds. The molecular weight excluding hydrogens is 410 g/mol. The van der Waals surface area contributed by atoms with Crippen molar-refractivity contribution in [3.8, 4) is 22.4 Å². The van der Waals surface area contributed by atoms with Crippen molar-refractivity contribution >= 4 is 55.6 Å². The number of methoxy groups -OCH3 is 1. The van der Waals surface area contributed by atoms with E-state index in [-0.39, 0.29) is 17.0 Å². The number of nitrogens with zero attached hydrogens (tertiary/aromatic N) is 3. The average Bonchev–Trinajstić information content (AvgIpc) is 3.13. The van der Waals surface area contributed by atoms with Gasteiger partial charge in [0.25, 0.3) is 0 Å². The van der Waals surface area contributed by atoms with Gasteiger partial charge in [-0.25, -0.2) is 9.97 Å². The summed E-state index contributed by atoms with van der Waals surface area (Å²) in [7, 11) is 1.59. The molecule has 3 N–H and O–H groups in total. The molecule has 0 bridgehead atoms. The molecule has 0 saturated carbocycles. The Morgan fingerprint density at radius 2 is 2.12 bits per heavy atom. The summed E-state index contributed by atoms with van der Waals surface area (Å²) in [5.74, 6) is 0.652. The van der Waals surface area contributed by atoms with Gasteiger partial charge >= 0.3 is 0 Å². The maximum Gasteiger partial charge on any atom is 0.187 e. The van der Waals surface area contributed by atoms with Gasteiger partial charge < -0.3 is 15.8 Å². The number of hydrogen-bond acceptors (Lipinski definition) is 8. The third-order valence-corrected chi connectivity index (χ3v) is 4.89. The van der Waals surface area contributed by atoms with Crippen LogP contribution in [0.25, 0.3) is 10.6 Å². The number of ether oxygens (including phenoxy) is 1. The molecule has 0 unspecified atom stereocenters. The van der Waals surface area contributed by atoms with Crippen molar-refractivity contribution in [1.82, 2.24) is 9.97 Å². The zero-order chi connectivity index (χ0) is 16.4. The monoisotopic (exact) mass is 423 g/mol. The number of nitriles is 1. The summed E-state index contributed by atoms with van der Waals surface area (Å²) >= 11 is 2.88. The van der Waals surface area contributed by atoms with Crippen LogP contribution in [0.2, 0.25) is 0 Å². The highest BCUT2D eigenvalue weighted by atomic mass is 79.9. The Kier molecular flexibility index (Phi) is 5.77. The molecule has 2 heterocycles. The third-order valence-electron chi connectivity index (χ3n) is 3.12. The van der Waals surface area contributed by atoms with Crippen LogP contribution in [0.1, 0.15) is 11.3 Å². The molecule has 6 nitrogen and oxygen atoms in total. The standard InChI is InChI=1S/C15H13N5OS2.BrH/c1-8-13(23-14(17)18-8)11-7-22-15(20-11)19-10-5-9(6-16)3-4-12(10)21-2;/h3-5,7H,1-2H3,(H2,17,18)(H,19,20);1H. The lowest BCUT2D eigenvalue weighted by molar-refractivity contribution is 0.417. The fourth-order valence-electron chi connectivity index (χ4n) is 2.08. The number of aryl methyl sites for hydroxylation is 1. The lowest BCUT2D eigenvalue weighted by Crippen LogP contribution is -1.95. The largest absolute Gasteiger partial charge is 0.495 e. The van der Waals surface area contributed by atoms with E-state index in [4.69, 9.17) is 15.7 Å². The first-order valence-corrected chi connectivity index (χ1v) is 8.34. The molecule has 3 aromatic rings. The number of thiazole rings is 2. The first-order valence-electron chi connectivity index (χ1n) is 6.64. The van der Waals surface area contributed by atoms with E-state index in [1.54, 1.807) is 25.3 Å². The van der Waals surface area contributed by atoms with E-state index in [2.05, 4.69) is 21.4 Å². The van der Waals surface area contributed by atoms with E-state index in [0.717, 1.165) is 16.3 Å². The molecule has 9 heteroatoms. The van der Waals surface area contributed by atoms with Crippen molar-refractivity contribution in [2.75, 3.05) is 18.2 Å². The van der Waals surface area contributed by atoms with Gasteiger partial charge in [0.05, 0.1) is 40.7 Å². The van der Waals surface area contributed by atoms with Gasteiger partial charge in [0.1, 0.15) is 5.75 Å². The summed E-state index contributed by atoms with van der Waals surface area (Å²) < 4.78 is 5.31. The Hall–Kier alpha value is -2.15. The van der Waals surface area contributed by atoms with Crippen LogP contribution in [0.5, 0.6) is 5.75 Å². The van der Waals surface area contributed by atoms with Gasteiger partial charge in [0, 0.05) is 5.38 Å². The van der Waals surface area contributed by atoms with E-state index in [1.165, 1.54) is 22.7 Å². The average molecular weight is 424 g/mol. The van der Waals surface area contributed by atoms with Crippen molar-refractivity contribution in [3.63, 3.8) is 0 Å². The lowest BCUT2D eigenvalue weighted by Gasteiger charge is -2.09. The summed E-state index contributed by atoms with van der Waals surface area (Å²) in [4.78, 5) is 9.74. The molecule has 0 atom stereocenters. The predicted octanol–water partition coefficient (Wildman–Crippen LogP) is 4.36. The highest BCUT2D eigenvalue weighted by molar-refractivity contribution is 8.93. The number of anilines is 3. The molecule has 3 rings (SSSR count). The number of nitrogens with two attached hydrogens (primary N) is 1. The van der Waals surface area contributed by atoms with Gasteiger partial charge in [-0.05, 0) is 25.1 Å². The maximum absolute atomic E-state index is 9.03. The van der Waals surface area contributed by atoms with Gasteiger partial charge in [0.2, 0.25) is 0 Å². The van der Waals surface area contributed by atoms with Gasteiger partial charge in [0.15, 0.2) is 10.3 Å². The topological polar surface area (TPSA) is 96.8 Å². The zero-order valence-electron chi connectivity index (χ0n) is 12.9. The Labute approximate surface area is 157 Å². The molecule has 0 aliphatic carbocycles. The zero-order valence-corrected chi connectivity index (χ0v) is 16.2. The van der Waals surface area contributed by atoms with Gasteiger partial charge in [-0.15, -0.1) is 28.3 Å². The van der Waals surface area contributed by atoms with Crippen LogP contribution in [0.3, 0.4) is 0 Å². The molecule has 1 aromatic carbocycles. The maximum atomic E-state index is 9.03. The van der Waals surface area contributed by atoms with Crippen LogP contribution in [-0.4, -0.2) is 17.1 Å². The fraction of sp³-hybridized carbons (Fsp3) is 0.133. The van der Waals surface area contributed by atoms with Crippen molar-refractivity contribution in [3.05, 3.63) is 34.8 Å². The van der Waals surface area contributed by atoms with E-state index < -0.39 is 0 Å². The summed E-state index contributed by atoms with van der Waals surface area (Å²) in [6.07, 6.45) is 0. The van der Waals surface area contributed by atoms with Crippen LogP contribution in [0.15, 0.2) is 23.6 Å². The lowest BCUT2D eigenvalue weighted by atomic mass is 10.2. The molecule has 24 heavy (non-hydrogen) atoms. The molecule has 0 spiro atoms. The van der Waals surface area contributed by atoms with Gasteiger partial charge in [-0.2, -0.15) is 5.26 Å². The summed E-state index contributed by atoms with van der Waals surface area (Å²) in [6, 6.07) is 7.31. The molecule has 0 aliphatic heterocycles. The molecule has 2 aromatic heterocycles. The third kappa shape index (κ3) is 3.67. The minimum atomic E-state index is 0. The number of nitrogen functional groups attached to an aromatic ring is 1.